The molecule has 0 unspecified atom stereocenters. The predicted octanol–water partition coefficient (Wildman–Crippen LogP) is 3.46. The second-order valence-electron chi connectivity index (χ2n) is 5.27. The van der Waals surface area contributed by atoms with Crippen molar-refractivity contribution in [2.24, 2.45) is 0 Å². The molecule has 4 nitrogen and oxygen atoms in total. The summed E-state index contributed by atoms with van der Waals surface area (Å²) in [4.78, 5) is 9.35. The maximum absolute atomic E-state index is 5.56. The molecule has 0 bridgehead atoms. The zero-order valence-electron chi connectivity index (χ0n) is 12.6. The largest absolute Gasteiger partial charge is 0.493 e. The van der Waals surface area contributed by atoms with Crippen LogP contribution in [0.1, 0.15) is 31.5 Å². The van der Waals surface area contributed by atoms with Crippen molar-refractivity contribution in [1.29, 1.82) is 0 Å². The van der Waals surface area contributed by atoms with Gasteiger partial charge in [-0.2, -0.15) is 0 Å². The van der Waals surface area contributed by atoms with E-state index in [2.05, 4.69) is 30.2 Å². The van der Waals surface area contributed by atoms with Crippen LogP contribution >= 0.6 is 0 Å². The Morgan fingerprint density at radius 2 is 2.10 bits per heavy atom. The number of aryl methyl sites for hydroxylation is 1. The first-order chi connectivity index (χ1) is 10.3. The van der Waals surface area contributed by atoms with Crippen LogP contribution in [0.2, 0.25) is 0 Å². The maximum atomic E-state index is 5.56. The maximum Gasteiger partial charge on any atom is 0.161 e. The van der Waals surface area contributed by atoms with E-state index in [9.17, 15) is 0 Å². The number of ether oxygens (including phenoxy) is 1. The van der Waals surface area contributed by atoms with Crippen molar-refractivity contribution in [2.45, 2.75) is 33.1 Å². The van der Waals surface area contributed by atoms with Crippen LogP contribution in [-0.4, -0.2) is 23.1 Å². The molecular weight excluding hydrogens is 262 g/mol. The monoisotopic (exact) mass is 283 g/mol. The number of hydrogen-bond acceptors (Lipinski definition) is 4. The molecule has 0 radical (unpaired) electrons. The van der Waals surface area contributed by atoms with Crippen LogP contribution in [0.25, 0.3) is 11.4 Å². The summed E-state index contributed by atoms with van der Waals surface area (Å²) in [5, 5.41) is 3.29. The molecular formula is C17H21N3O. The summed E-state index contributed by atoms with van der Waals surface area (Å²) in [7, 11) is 0. The number of hydrogen-bond donors (Lipinski definition) is 1. The lowest BCUT2D eigenvalue weighted by Crippen LogP contribution is -2.04. The van der Waals surface area contributed by atoms with Crippen molar-refractivity contribution < 1.29 is 4.74 Å². The lowest BCUT2D eigenvalue weighted by Gasteiger charge is -2.09. The van der Waals surface area contributed by atoms with Gasteiger partial charge >= 0.3 is 0 Å². The zero-order valence-corrected chi connectivity index (χ0v) is 12.6. The molecule has 1 N–H and O–H groups in total. The quantitative estimate of drug-likeness (QED) is 0.913. The topological polar surface area (TPSA) is 47.0 Å². The van der Waals surface area contributed by atoms with Crippen LogP contribution in [0.4, 0.5) is 5.82 Å². The van der Waals surface area contributed by atoms with Crippen LogP contribution in [-0.2, 0) is 12.8 Å². The second-order valence-corrected chi connectivity index (χ2v) is 5.27. The normalized spacial score (nSPS) is 12.9. The van der Waals surface area contributed by atoms with E-state index in [1.54, 1.807) is 0 Å². The van der Waals surface area contributed by atoms with Gasteiger partial charge < -0.3 is 10.1 Å². The molecule has 0 saturated heterocycles. The standard InChI is InChI=1S/C17H21N3O/c1-3-5-14-11-16(18-4-2)20-17(19-14)13-6-7-15-12(10-13)8-9-21-15/h6-7,10-11H,3-5,8-9H2,1-2H3,(H,18,19,20). The fourth-order valence-corrected chi connectivity index (χ4v) is 2.61. The van der Waals surface area contributed by atoms with Crippen molar-refractivity contribution in [3.63, 3.8) is 0 Å². The van der Waals surface area contributed by atoms with Crippen molar-refractivity contribution >= 4 is 5.82 Å². The van der Waals surface area contributed by atoms with Crippen molar-refractivity contribution in [1.82, 2.24) is 9.97 Å². The first-order valence-electron chi connectivity index (χ1n) is 7.68. The van der Waals surface area contributed by atoms with Gasteiger partial charge in [-0.15, -0.1) is 0 Å². The third-order valence-corrected chi connectivity index (χ3v) is 3.59. The van der Waals surface area contributed by atoms with E-state index in [-0.39, 0.29) is 0 Å². The summed E-state index contributed by atoms with van der Waals surface area (Å²) in [5.41, 5.74) is 3.41. The van der Waals surface area contributed by atoms with E-state index in [0.29, 0.717) is 0 Å². The SMILES string of the molecule is CCCc1cc(NCC)nc(-c2ccc3c(c2)CCO3)n1. The Hall–Kier alpha value is -2.10. The highest BCUT2D eigenvalue weighted by molar-refractivity contribution is 5.61. The van der Waals surface area contributed by atoms with E-state index < -0.39 is 0 Å². The van der Waals surface area contributed by atoms with Crippen LogP contribution in [0, 0.1) is 0 Å². The summed E-state index contributed by atoms with van der Waals surface area (Å²) in [6.45, 7) is 5.88. The van der Waals surface area contributed by atoms with Gasteiger partial charge in [0.1, 0.15) is 11.6 Å². The number of benzene rings is 1. The molecule has 110 valence electrons. The fraction of sp³-hybridized carbons (Fsp3) is 0.412. The smallest absolute Gasteiger partial charge is 0.161 e. The van der Waals surface area contributed by atoms with E-state index in [1.807, 2.05) is 18.2 Å². The molecule has 1 aliphatic rings. The average molecular weight is 283 g/mol. The molecule has 2 heterocycles. The first-order valence-corrected chi connectivity index (χ1v) is 7.68. The number of aromatic nitrogens is 2. The molecule has 0 aliphatic carbocycles. The summed E-state index contributed by atoms with van der Waals surface area (Å²) >= 11 is 0. The fourth-order valence-electron chi connectivity index (χ4n) is 2.61. The molecule has 1 aromatic heterocycles. The molecule has 4 heteroatoms. The molecule has 2 aromatic rings. The summed E-state index contributed by atoms with van der Waals surface area (Å²) in [5.74, 6) is 2.70. The third-order valence-electron chi connectivity index (χ3n) is 3.59. The summed E-state index contributed by atoms with van der Waals surface area (Å²) in [6, 6.07) is 8.28. The van der Waals surface area contributed by atoms with E-state index in [0.717, 1.165) is 61.1 Å². The molecule has 0 amide bonds. The Balaban J connectivity index is 1.99. The molecule has 1 aliphatic heterocycles. The zero-order chi connectivity index (χ0) is 14.7. The summed E-state index contributed by atoms with van der Waals surface area (Å²) < 4.78 is 5.56. The van der Waals surface area contributed by atoms with Gasteiger partial charge in [0.05, 0.1) is 6.61 Å². The predicted molar refractivity (Wildman–Crippen MR) is 84.8 cm³/mol. The Kier molecular flexibility index (Phi) is 4.04. The van der Waals surface area contributed by atoms with Gasteiger partial charge in [-0.05, 0) is 37.1 Å². The molecule has 0 fully saturated rings. The average Bonchev–Trinajstić information content (AvgIpc) is 2.95. The number of rotatable bonds is 5. The van der Waals surface area contributed by atoms with E-state index >= 15 is 0 Å². The van der Waals surface area contributed by atoms with Gasteiger partial charge in [0.15, 0.2) is 5.82 Å². The number of nitrogens with one attached hydrogen (secondary N) is 1. The van der Waals surface area contributed by atoms with Crippen LogP contribution in [0.3, 0.4) is 0 Å². The van der Waals surface area contributed by atoms with Crippen LogP contribution in [0.15, 0.2) is 24.3 Å². The van der Waals surface area contributed by atoms with E-state index in [1.165, 1.54) is 5.56 Å². The van der Waals surface area contributed by atoms with Gasteiger partial charge in [0.2, 0.25) is 0 Å². The van der Waals surface area contributed by atoms with Crippen LogP contribution < -0.4 is 10.1 Å². The second kappa shape index (κ2) is 6.12. The Bertz CT molecular complexity index is 616. The number of nitrogens with zero attached hydrogens (tertiary/aromatic N) is 2. The number of anilines is 1. The van der Waals surface area contributed by atoms with Crippen molar-refractivity contribution in [3.8, 4) is 17.1 Å². The van der Waals surface area contributed by atoms with E-state index in [4.69, 9.17) is 9.72 Å². The molecule has 0 spiro atoms. The Labute approximate surface area is 125 Å². The third kappa shape index (κ3) is 2.99. The van der Waals surface area contributed by atoms with Crippen molar-refractivity contribution in [2.75, 3.05) is 18.5 Å². The van der Waals surface area contributed by atoms with Gasteiger partial charge in [0, 0.05) is 30.3 Å². The molecule has 1 aromatic carbocycles. The highest BCUT2D eigenvalue weighted by Crippen LogP contribution is 2.29. The summed E-state index contributed by atoms with van der Waals surface area (Å²) in [6.07, 6.45) is 3.03. The van der Waals surface area contributed by atoms with Gasteiger partial charge in [-0.25, -0.2) is 9.97 Å². The van der Waals surface area contributed by atoms with Gasteiger partial charge in [-0.1, -0.05) is 13.3 Å². The minimum absolute atomic E-state index is 0.776. The highest BCUT2D eigenvalue weighted by atomic mass is 16.5. The lowest BCUT2D eigenvalue weighted by molar-refractivity contribution is 0.357. The first kappa shape index (κ1) is 13.9. The minimum atomic E-state index is 0.776. The van der Waals surface area contributed by atoms with Gasteiger partial charge in [0.25, 0.3) is 0 Å². The van der Waals surface area contributed by atoms with Crippen molar-refractivity contribution in [3.05, 3.63) is 35.5 Å². The number of fused-ring (bicyclic) bond motifs is 1. The van der Waals surface area contributed by atoms with Gasteiger partial charge in [-0.3, -0.25) is 0 Å². The lowest BCUT2D eigenvalue weighted by atomic mass is 10.1. The minimum Gasteiger partial charge on any atom is -0.493 e. The molecule has 21 heavy (non-hydrogen) atoms. The Morgan fingerprint density at radius 1 is 1.19 bits per heavy atom. The highest BCUT2D eigenvalue weighted by Gasteiger charge is 2.14. The van der Waals surface area contributed by atoms with Crippen LogP contribution in [0.5, 0.6) is 5.75 Å². The molecule has 0 saturated carbocycles. The molecule has 3 rings (SSSR count). The molecule has 0 atom stereocenters. The Morgan fingerprint density at radius 3 is 2.90 bits per heavy atom.